The lowest BCUT2D eigenvalue weighted by Crippen LogP contribution is -2.26. The Labute approximate surface area is 210 Å². The Hall–Kier alpha value is -3.84. The van der Waals surface area contributed by atoms with Crippen LogP contribution in [0, 0.1) is 6.92 Å². The van der Waals surface area contributed by atoms with Gasteiger partial charge in [0.2, 0.25) is 5.91 Å². The highest BCUT2D eigenvalue weighted by molar-refractivity contribution is 5.96. The Morgan fingerprint density at radius 2 is 1.78 bits per heavy atom. The number of benzene rings is 3. The summed E-state index contributed by atoms with van der Waals surface area (Å²) in [5, 5.41) is 10.9. The number of hydrogen-bond acceptors (Lipinski definition) is 5. The molecule has 1 aromatic heterocycles. The molecule has 0 radical (unpaired) electrons. The normalized spacial score (nSPS) is 16.5. The predicted molar refractivity (Wildman–Crippen MR) is 140 cm³/mol. The van der Waals surface area contributed by atoms with E-state index in [1.165, 1.54) is 0 Å². The van der Waals surface area contributed by atoms with E-state index in [0.717, 1.165) is 39.6 Å². The zero-order valence-electron chi connectivity index (χ0n) is 20.6. The van der Waals surface area contributed by atoms with E-state index in [9.17, 15) is 9.90 Å². The molecule has 2 heterocycles. The van der Waals surface area contributed by atoms with Crippen molar-refractivity contribution in [1.29, 1.82) is 0 Å². The van der Waals surface area contributed by atoms with E-state index in [1.54, 1.807) is 0 Å². The number of nitrogens with zero attached hydrogens (tertiary/aromatic N) is 3. The van der Waals surface area contributed by atoms with Gasteiger partial charge in [0.1, 0.15) is 30.0 Å². The standard InChI is InChI=1S/C29H31N3O4/c1-3-35-24-14-12-22(13-15-24)31-17-21(16-28(31)34)29-30-25-9-5-6-10-26(25)32(29)18-23(33)19-36-27-11-7-4-8-20(27)2/h4-15,21,23,33H,3,16-19H2,1-2H3/t21-,23+/m1/s1. The summed E-state index contributed by atoms with van der Waals surface area (Å²) in [7, 11) is 0. The van der Waals surface area contributed by atoms with Crippen LogP contribution in [0.2, 0.25) is 0 Å². The lowest BCUT2D eigenvalue weighted by Gasteiger charge is -2.19. The van der Waals surface area contributed by atoms with Gasteiger partial charge in [-0.2, -0.15) is 0 Å². The third kappa shape index (κ3) is 4.93. The number of amides is 1. The van der Waals surface area contributed by atoms with E-state index < -0.39 is 6.10 Å². The topological polar surface area (TPSA) is 76.8 Å². The van der Waals surface area contributed by atoms with E-state index in [4.69, 9.17) is 14.5 Å². The van der Waals surface area contributed by atoms with Crippen molar-refractivity contribution in [2.75, 3.05) is 24.7 Å². The molecule has 7 heteroatoms. The SMILES string of the molecule is CCOc1ccc(N2C[C@H](c3nc4ccccc4n3C[C@H](O)COc3ccccc3C)CC2=O)cc1. The van der Waals surface area contributed by atoms with Crippen molar-refractivity contribution in [3.63, 3.8) is 0 Å². The Kier molecular flexibility index (Phi) is 6.91. The molecule has 1 aliphatic rings. The second kappa shape index (κ2) is 10.4. The lowest BCUT2D eigenvalue weighted by molar-refractivity contribution is -0.117. The highest BCUT2D eigenvalue weighted by Gasteiger charge is 2.35. The van der Waals surface area contributed by atoms with E-state index >= 15 is 0 Å². The van der Waals surface area contributed by atoms with Gasteiger partial charge in [-0.3, -0.25) is 4.79 Å². The van der Waals surface area contributed by atoms with Gasteiger partial charge in [-0.25, -0.2) is 4.98 Å². The second-order valence-corrected chi connectivity index (χ2v) is 9.13. The summed E-state index contributed by atoms with van der Waals surface area (Å²) in [6.45, 7) is 5.55. The molecule has 1 aliphatic heterocycles. The molecule has 4 aromatic rings. The Morgan fingerprint density at radius 3 is 2.56 bits per heavy atom. The van der Waals surface area contributed by atoms with Crippen molar-refractivity contribution in [2.24, 2.45) is 0 Å². The zero-order valence-corrected chi connectivity index (χ0v) is 20.6. The van der Waals surface area contributed by atoms with Gasteiger partial charge in [0, 0.05) is 24.6 Å². The minimum absolute atomic E-state index is 0.0613. The number of aromatic nitrogens is 2. The molecule has 0 saturated carbocycles. The molecule has 5 rings (SSSR count). The maximum atomic E-state index is 13.0. The molecule has 7 nitrogen and oxygen atoms in total. The van der Waals surface area contributed by atoms with Crippen LogP contribution in [-0.2, 0) is 11.3 Å². The highest BCUT2D eigenvalue weighted by atomic mass is 16.5. The Bertz CT molecular complexity index is 1350. The molecule has 1 fully saturated rings. The van der Waals surface area contributed by atoms with Gasteiger partial charge in [0.15, 0.2) is 0 Å². The first-order valence-corrected chi connectivity index (χ1v) is 12.4. The molecule has 3 aromatic carbocycles. The highest BCUT2D eigenvalue weighted by Crippen LogP contribution is 2.34. The fourth-order valence-electron chi connectivity index (χ4n) is 4.78. The minimum Gasteiger partial charge on any atom is -0.494 e. The molecule has 2 atom stereocenters. The Balaban J connectivity index is 1.36. The summed E-state index contributed by atoms with van der Waals surface area (Å²) in [6.07, 6.45) is -0.368. The van der Waals surface area contributed by atoms with Crippen LogP contribution >= 0.6 is 0 Å². The summed E-state index contributed by atoms with van der Waals surface area (Å²) < 4.78 is 13.5. The van der Waals surface area contributed by atoms with Crippen LogP contribution in [0.4, 0.5) is 5.69 Å². The van der Waals surface area contributed by atoms with Crippen molar-refractivity contribution < 1.29 is 19.4 Å². The van der Waals surface area contributed by atoms with Gasteiger partial charge in [0.05, 0.1) is 24.2 Å². The molecular formula is C29H31N3O4. The number of fused-ring (bicyclic) bond motifs is 1. The maximum Gasteiger partial charge on any atom is 0.227 e. The molecule has 1 amide bonds. The summed E-state index contributed by atoms with van der Waals surface area (Å²) in [6, 6.07) is 23.3. The first-order valence-electron chi connectivity index (χ1n) is 12.4. The largest absolute Gasteiger partial charge is 0.494 e. The molecule has 0 unspecified atom stereocenters. The van der Waals surface area contributed by atoms with Crippen molar-refractivity contribution in [3.05, 3.63) is 84.2 Å². The number of carbonyl (C=O) groups is 1. The molecule has 0 bridgehead atoms. The van der Waals surface area contributed by atoms with Gasteiger partial charge in [0.25, 0.3) is 0 Å². The number of anilines is 1. The van der Waals surface area contributed by atoms with Crippen LogP contribution in [0.5, 0.6) is 11.5 Å². The number of aliphatic hydroxyl groups excluding tert-OH is 1. The van der Waals surface area contributed by atoms with Crippen molar-refractivity contribution in [1.82, 2.24) is 9.55 Å². The van der Waals surface area contributed by atoms with Crippen molar-refractivity contribution >= 4 is 22.6 Å². The first-order chi connectivity index (χ1) is 17.5. The quantitative estimate of drug-likeness (QED) is 0.372. The molecule has 1 N–H and O–H groups in total. The molecule has 186 valence electrons. The van der Waals surface area contributed by atoms with Crippen LogP contribution in [0.1, 0.15) is 30.7 Å². The van der Waals surface area contributed by atoms with E-state index in [1.807, 2.05) is 96.1 Å². The molecule has 0 aliphatic carbocycles. The second-order valence-electron chi connectivity index (χ2n) is 9.13. The summed E-state index contributed by atoms with van der Waals surface area (Å²) in [4.78, 5) is 19.7. The molecular weight excluding hydrogens is 454 g/mol. The fourth-order valence-corrected chi connectivity index (χ4v) is 4.78. The number of rotatable bonds is 9. The Morgan fingerprint density at radius 1 is 1.03 bits per heavy atom. The van der Waals surface area contributed by atoms with Crippen LogP contribution in [0.3, 0.4) is 0 Å². The van der Waals surface area contributed by atoms with Crippen molar-refractivity contribution in [3.8, 4) is 11.5 Å². The van der Waals surface area contributed by atoms with Gasteiger partial charge >= 0.3 is 0 Å². The van der Waals surface area contributed by atoms with E-state index in [2.05, 4.69) is 0 Å². The smallest absolute Gasteiger partial charge is 0.227 e. The van der Waals surface area contributed by atoms with Gasteiger partial charge in [-0.1, -0.05) is 30.3 Å². The lowest BCUT2D eigenvalue weighted by atomic mass is 10.1. The number of ether oxygens (including phenoxy) is 2. The number of carbonyl (C=O) groups excluding carboxylic acids is 1. The number of aryl methyl sites for hydroxylation is 1. The van der Waals surface area contributed by atoms with Crippen molar-refractivity contribution in [2.45, 2.75) is 38.8 Å². The maximum absolute atomic E-state index is 13.0. The molecule has 36 heavy (non-hydrogen) atoms. The summed E-state index contributed by atoms with van der Waals surface area (Å²) in [5.41, 5.74) is 3.67. The van der Waals surface area contributed by atoms with Gasteiger partial charge in [-0.05, 0) is 61.9 Å². The third-order valence-electron chi connectivity index (χ3n) is 6.55. The molecule has 0 spiro atoms. The number of imidazole rings is 1. The number of aliphatic hydroxyl groups is 1. The van der Waals surface area contributed by atoms with Crippen LogP contribution < -0.4 is 14.4 Å². The van der Waals surface area contributed by atoms with Crippen LogP contribution in [-0.4, -0.2) is 46.4 Å². The summed E-state index contributed by atoms with van der Waals surface area (Å²) >= 11 is 0. The monoisotopic (exact) mass is 485 g/mol. The molecule has 1 saturated heterocycles. The van der Waals surface area contributed by atoms with Crippen LogP contribution in [0.25, 0.3) is 11.0 Å². The number of hydrogen-bond donors (Lipinski definition) is 1. The number of para-hydroxylation sites is 3. The average Bonchev–Trinajstić information content (AvgIpc) is 3.45. The first kappa shape index (κ1) is 23.9. The zero-order chi connectivity index (χ0) is 25.1. The van der Waals surface area contributed by atoms with E-state index in [0.29, 0.717) is 26.1 Å². The third-order valence-corrected chi connectivity index (χ3v) is 6.55. The predicted octanol–water partition coefficient (Wildman–Crippen LogP) is 4.70. The average molecular weight is 486 g/mol. The summed E-state index contributed by atoms with van der Waals surface area (Å²) in [5.74, 6) is 2.34. The minimum atomic E-state index is -0.736. The van der Waals surface area contributed by atoms with Crippen LogP contribution in [0.15, 0.2) is 72.8 Å². The van der Waals surface area contributed by atoms with Gasteiger partial charge < -0.3 is 24.0 Å². The van der Waals surface area contributed by atoms with Gasteiger partial charge in [-0.15, -0.1) is 0 Å². The van der Waals surface area contributed by atoms with E-state index in [-0.39, 0.29) is 18.4 Å². The fraction of sp³-hybridized carbons (Fsp3) is 0.310.